The van der Waals surface area contributed by atoms with Gasteiger partial charge in [-0.15, -0.1) is 12.4 Å². The van der Waals surface area contributed by atoms with Crippen molar-refractivity contribution >= 4 is 12.4 Å². The standard InChI is InChI=1S/C15H21F3N2O.ClH/c1-15(2,9-21)14(20-7-5-19-6-8-20)10-3-4-11(16)13(18)12(10)17;/h3-4,14,19,21H,5-9H2,1-2H3;1H/t14-;/m1./s1. The molecular formula is C15H22ClF3N2O. The normalized spacial score (nSPS) is 17.9. The first kappa shape index (κ1) is 19.2. The van der Waals surface area contributed by atoms with Crippen molar-refractivity contribution in [2.45, 2.75) is 19.9 Å². The highest BCUT2D eigenvalue weighted by atomic mass is 35.5. The van der Waals surface area contributed by atoms with E-state index in [2.05, 4.69) is 5.32 Å². The Kier molecular flexibility index (Phi) is 6.67. The van der Waals surface area contributed by atoms with Crippen LogP contribution >= 0.6 is 12.4 Å². The number of halogens is 4. The third kappa shape index (κ3) is 3.74. The molecule has 2 rings (SSSR count). The van der Waals surface area contributed by atoms with Gasteiger partial charge < -0.3 is 10.4 Å². The van der Waals surface area contributed by atoms with Crippen LogP contribution in [0.15, 0.2) is 12.1 Å². The van der Waals surface area contributed by atoms with Gasteiger partial charge in [0.05, 0.1) is 0 Å². The lowest BCUT2D eigenvalue weighted by Crippen LogP contribution is -2.49. The molecule has 1 aliphatic rings. The molecule has 0 aliphatic carbocycles. The number of nitrogens with one attached hydrogen (secondary N) is 1. The van der Waals surface area contributed by atoms with Crippen molar-refractivity contribution in [1.82, 2.24) is 10.2 Å². The summed E-state index contributed by atoms with van der Waals surface area (Å²) in [6, 6.07) is 1.70. The average molecular weight is 339 g/mol. The molecule has 126 valence electrons. The molecule has 3 nitrogen and oxygen atoms in total. The Morgan fingerprint density at radius 2 is 1.77 bits per heavy atom. The molecule has 1 aromatic carbocycles. The molecular weight excluding hydrogens is 317 g/mol. The summed E-state index contributed by atoms with van der Waals surface area (Å²) in [6.07, 6.45) is 0. The van der Waals surface area contributed by atoms with E-state index in [1.54, 1.807) is 13.8 Å². The lowest BCUT2D eigenvalue weighted by Gasteiger charge is -2.43. The van der Waals surface area contributed by atoms with Crippen molar-refractivity contribution in [3.63, 3.8) is 0 Å². The molecule has 0 aromatic heterocycles. The monoisotopic (exact) mass is 338 g/mol. The van der Waals surface area contributed by atoms with Crippen LogP contribution in [0.25, 0.3) is 0 Å². The highest BCUT2D eigenvalue weighted by Crippen LogP contribution is 2.40. The maximum atomic E-state index is 14.2. The molecule has 0 bridgehead atoms. The summed E-state index contributed by atoms with van der Waals surface area (Å²) in [5.41, 5.74) is -0.586. The number of aliphatic hydroxyl groups is 1. The predicted molar refractivity (Wildman–Crippen MR) is 81.6 cm³/mol. The van der Waals surface area contributed by atoms with Gasteiger partial charge in [0.2, 0.25) is 0 Å². The molecule has 1 aromatic rings. The number of hydrogen-bond acceptors (Lipinski definition) is 3. The van der Waals surface area contributed by atoms with E-state index in [-0.39, 0.29) is 24.6 Å². The topological polar surface area (TPSA) is 35.5 Å². The zero-order chi connectivity index (χ0) is 15.6. The predicted octanol–water partition coefficient (Wildman–Crippen LogP) is 2.49. The smallest absolute Gasteiger partial charge is 0.194 e. The Morgan fingerprint density at radius 1 is 1.18 bits per heavy atom. The SMILES string of the molecule is CC(C)(CO)[C@@H](c1ccc(F)c(F)c1F)N1CCNCC1.Cl. The van der Waals surface area contributed by atoms with Crippen LogP contribution in [0.1, 0.15) is 25.5 Å². The fourth-order valence-electron chi connectivity index (χ4n) is 2.89. The van der Waals surface area contributed by atoms with Crippen LogP contribution in [0, 0.1) is 22.9 Å². The molecule has 0 radical (unpaired) electrons. The van der Waals surface area contributed by atoms with Crippen molar-refractivity contribution in [1.29, 1.82) is 0 Å². The minimum atomic E-state index is -1.46. The quantitative estimate of drug-likeness (QED) is 0.828. The van der Waals surface area contributed by atoms with Crippen molar-refractivity contribution in [2.24, 2.45) is 5.41 Å². The summed E-state index contributed by atoms with van der Waals surface area (Å²) in [5.74, 6) is -3.82. The molecule has 0 spiro atoms. The van der Waals surface area contributed by atoms with Crippen molar-refractivity contribution in [2.75, 3.05) is 32.8 Å². The maximum Gasteiger partial charge on any atom is 0.194 e. The first-order valence-electron chi connectivity index (χ1n) is 7.07. The minimum Gasteiger partial charge on any atom is -0.396 e. The Morgan fingerprint density at radius 3 is 2.32 bits per heavy atom. The fraction of sp³-hybridized carbons (Fsp3) is 0.600. The number of piperazine rings is 1. The van der Waals surface area contributed by atoms with Crippen LogP contribution in [-0.2, 0) is 0 Å². The van der Waals surface area contributed by atoms with Gasteiger partial charge in [-0.3, -0.25) is 4.90 Å². The summed E-state index contributed by atoms with van der Waals surface area (Å²) < 4.78 is 40.9. The zero-order valence-electron chi connectivity index (χ0n) is 12.7. The van der Waals surface area contributed by atoms with Gasteiger partial charge in [-0.2, -0.15) is 0 Å². The fourth-order valence-corrected chi connectivity index (χ4v) is 2.89. The lowest BCUT2D eigenvalue weighted by molar-refractivity contribution is 0.0282. The molecule has 1 heterocycles. The van der Waals surface area contributed by atoms with E-state index in [0.717, 1.165) is 19.2 Å². The number of rotatable bonds is 4. The average Bonchev–Trinajstić information content (AvgIpc) is 2.48. The Hall–Kier alpha value is -0.820. The summed E-state index contributed by atoms with van der Waals surface area (Å²) in [5, 5.41) is 12.8. The first-order valence-corrected chi connectivity index (χ1v) is 7.07. The van der Waals surface area contributed by atoms with Gasteiger partial charge in [0.25, 0.3) is 0 Å². The molecule has 1 saturated heterocycles. The molecule has 22 heavy (non-hydrogen) atoms. The van der Waals surface area contributed by atoms with Gasteiger partial charge in [-0.05, 0) is 6.07 Å². The Balaban J connectivity index is 0.00000242. The molecule has 7 heteroatoms. The first-order chi connectivity index (χ1) is 9.88. The van der Waals surface area contributed by atoms with Crippen molar-refractivity contribution in [3.05, 3.63) is 35.1 Å². The number of benzene rings is 1. The second-order valence-electron chi connectivity index (χ2n) is 6.10. The number of hydrogen-bond donors (Lipinski definition) is 2. The third-order valence-electron chi connectivity index (χ3n) is 4.02. The molecule has 0 amide bonds. The molecule has 1 atom stereocenters. The highest BCUT2D eigenvalue weighted by molar-refractivity contribution is 5.85. The molecule has 0 saturated carbocycles. The zero-order valence-corrected chi connectivity index (χ0v) is 13.5. The molecule has 2 N–H and O–H groups in total. The van der Waals surface area contributed by atoms with E-state index in [0.29, 0.717) is 13.1 Å². The summed E-state index contributed by atoms with van der Waals surface area (Å²) in [6.45, 7) is 6.20. The number of nitrogens with zero attached hydrogens (tertiary/aromatic N) is 1. The van der Waals surface area contributed by atoms with Crippen LogP contribution in [0.2, 0.25) is 0 Å². The van der Waals surface area contributed by atoms with Gasteiger partial charge >= 0.3 is 0 Å². The Labute approximate surface area is 134 Å². The van der Waals surface area contributed by atoms with E-state index >= 15 is 0 Å². The molecule has 0 unspecified atom stereocenters. The number of aliphatic hydroxyl groups excluding tert-OH is 1. The van der Waals surface area contributed by atoms with Crippen LogP contribution in [0.4, 0.5) is 13.2 Å². The van der Waals surface area contributed by atoms with Gasteiger partial charge in [-0.25, -0.2) is 13.2 Å². The van der Waals surface area contributed by atoms with Crippen LogP contribution in [-0.4, -0.2) is 42.8 Å². The van der Waals surface area contributed by atoms with Crippen LogP contribution in [0.5, 0.6) is 0 Å². The maximum absolute atomic E-state index is 14.2. The van der Waals surface area contributed by atoms with Gasteiger partial charge in [0.15, 0.2) is 17.5 Å². The summed E-state index contributed by atoms with van der Waals surface area (Å²) in [4.78, 5) is 2.00. The molecule has 1 fully saturated rings. The van der Waals surface area contributed by atoms with E-state index in [1.165, 1.54) is 6.07 Å². The van der Waals surface area contributed by atoms with Crippen LogP contribution in [0.3, 0.4) is 0 Å². The Bertz CT molecular complexity index is 508. The lowest BCUT2D eigenvalue weighted by atomic mass is 9.79. The van der Waals surface area contributed by atoms with E-state index in [4.69, 9.17) is 0 Å². The van der Waals surface area contributed by atoms with Crippen molar-refractivity contribution in [3.8, 4) is 0 Å². The summed E-state index contributed by atoms with van der Waals surface area (Å²) >= 11 is 0. The second kappa shape index (κ2) is 7.64. The van der Waals surface area contributed by atoms with Gasteiger partial charge in [0, 0.05) is 49.8 Å². The highest BCUT2D eigenvalue weighted by Gasteiger charge is 2.38. The molecule has 1 aliphatic heterocycles. The third-order valence-corrected chi connectivity index (χ3v) is 4.02. The van der Waals surface area contributed by atoms with Gasteiger partial charge in [0.1, 0.15) is 0 Å². The largest absolute Gasteiger partial charge is 0.396 e. The van der Waals surface area contributed by atoms with Gasteiger partial charge in [-0.1, -0.05) is 19.9 Å². The van der Waals surface area contributed by atoms with Crippen molar-refractivity contribution < 1.29 is 18.3 Å². The minimum absolute atomic E-state index is 0. The second-order valence-corrected chi connectivity index (χ2v) is 6.10. The van der Waals surface area contributed by atoms with Crippen LogP contribution < -0.4 is 5.32 Å². The van der Waals surface area contributed by atoms with E-state index in [1.807, 2.05) is 4.90 Å². The summed E-state index contributed by atoms with van der Waals surface area (Å²) in [7, 11) is 0. The van der Waals surface area contributed by atoms with E-state index in [9.17, 15) is 18.3 Å². The van der Waals surface area contributed by atoms with E-state index < -0.39 is 28.9 Å².